The highest BCUT2D eigenvalue weighted by Gasteiger charge is 2.41. The minimum Gasteiger partial charge on any atom is -0.340 e. The van der Waals surface area contributed by atoms with Crippen molar-refractivity contribution in [3.05, 3.63) is 78.2 Å². The highest BCUT2D eigenvalue weighted by molar-refractivity contribution is 5.96. The Hall–Kier alpha value is -4.15. The van der Waals surface area contributed by atoms with Crippen molar-refractivity contribution < 1.29 is 4.79 Å². The second-order valence-corrected chi connectivity index (χ2v) is 10.8. The SMILES string of the molecule is CN(C)C(C)(C)[C@H]1CC(=O)N(c2ccc3c(c2)Cn2cc(-c4ccc(C#N)cc4)cc2-c2nccn2-3)C1. The normalized spacial score (nSPS) is 16.8. The molecule has 2 aliphatic rings. The number of imidazole rings is 1. The molecule has 0 saturated carbocycles. The maximum absolute atomic E-state index is 13.1. The van der Waals surface area contributed by atoms with Gasteiger partial charge in [0.05, 0.1) is 23.0 Å². The quantitative estimate of drug-likeness (QED) is 0.358. The molecule has 4 heterocycles. The van der Waals surface area contributed by atoms with E-state index in [0.717, 1.165) is 46.1 Å². The number of aromatic nitrogens is 3. The summed E-state index contributed by atoms with van der Waals surface area (Å²) in [5.74, 6) is 1.33. The van der Waals surface area contributed by atoms with Crippen LogP contribution in [-0.2, 0) is 11.3 Å². The molecule has 0 bridgehead atoms. The Bertz CT molecular complexity index is 1550. The fourth-order valence-corrected chi connectivity index (χ4v) is 5.49. The molecule has 37 heavy (non-hydrogen) atoms. The number of fused-ring (bicyclic) bond motifs is 5. The molecule has 1 amide bonds. The Kier molecular flexibility index (Phi) is 5.32. The van der Waals surface area contributed by atoms with Crippen molar-refractivity contribution in [2.45, 2.75) is 32.4 Å². The fraction of sp³-hybridized carbons (Fsp3) is 0.300. The highest BCUT2D eigenvalue weighted by atomic mass is 16.2. The van der Waals surface area contributed by atoms with Gasteiger partial charge in [0, 0.05) is 60.8 Å². The minimum atomic E-state index is -0.0658. The summed E-state index contributed by atoms with van der Waals surface area (Å²) >= 11 is 0. The molecule has 2 aliphatic heterocycles. The molecule has 0 radical (unpaired) electrons. The van der Waals surface area contributed by atoms with Crippen LogP contribution in [0.25, 0.3) is 28.3 Å². The number of carbonyl (C=O) groups is 1. The van der Waals surface area contributed by atoms with Crippen molar-refractivity contribution in [2.24, 2.45) is 5.92 Å². The molecule has 0 N–H and O–H groups in total. The van der Waals surface area contributed by atoms with E-state index < -0.39 is 0 Å². The molecular weight excluding hydrogens is 460 g/mol. The third-order valence-corrected chi connectivity index (χ3v) is 8.37. The summed E-state index contributed by atoms with van der Waals surface area (Å²) in [5, 5.41) is 9.15. The first-order chi connectivity index (χ1) is 17.8. The maximum Gasteiger partial charge on any atom is 0.227 e. The van der Waals surface area contributed by atoms with Gasteiger partial charge < -0.3 is 14.4 Å². The monoisotopic (exact) mass is 490 g/mol. The van der Waals surface area contributed by atoms with Gasteiger partial charge in [0.2, 0.25) is 5.91 Å². The lowest BCUT2D eigenvalue weighted by atomic mass is 9.85. The molecule has 0 aliphatic carbocycles. The standard InChI is InChI=1S/C30H30N6O/c1-30(2,33(3)4)24-15-28(37)36(19-24)25-9-10-26-23(13-25)18-34-17-22(21-7-5-20(16-31)6-8-21)14-27(34)29-32-11-12-35(26)29/h5-14,17,24H,15,18-19H2,1-4H3/t24-/m0/s1. The van der Waals surface area contributed by atoms with E-state index in [0.29, 0.717) is 18.5 Å². The van der Waals surface area contributed by atoms with Crippen LogP contribution in [0.15, 0.2) is 67.1 Å². The summed E-state index contributed by atoms with van der Waals surface area (Å²) in [6.45, 7) is 5.82. The van der Waals surface area contributed by atoms with E-state index >= 15 is 0 Å². The molecule has 1 saturated heterocycles. The maximum atomic E-state index is 13.1. The Morgan fingerprint density at radius 1 is 1.08 bits per heavy atom. The average Bonchev–Trinajstić information content (AvgIpc) is 3.61. The van der Waals surface area contributed by atoms with Crippen LogP contribution >= 0.6 is 0 Å². The second-order valence-electron chi connectivity index (χ2n) is 10.8. The molecule has 7 heteroatoms. The lowest BCUT2D eigenvalue weighted by Gasteiger charge is -2.37. The van der Waals surface area contributed by atoms with Gasteiger partial charge in [0.1, 0.15) is 0 Å². The summed E-state index contributed by atoms with van der Waals surface area (Å²) in [4.78, 5) is 22.0. The summed E-state index contributed by atoms with van der Waals surface area (Å²) < 4.78 is 4.36. The zero-order valence-electron chi connectivity index (χ0n) is 21.6. The lowest BCUT2D eigenvalue weighted by molar-refractivity contribution is -0.117. The van der Waals surface area contributed by atoms with Gasteiger partial charge >= 0.3 is 0 Å². The van der Waals surface area contributed by atoms with Crippen LogP contribution in [0.3, 0.4) is 0 Å². The fourth-order valence-electron chi connectivity index (χ4n) is 5.49. The Morgan fingerprint density at radius 2 is 1.86 bits per heavy atom. The molecule has 2 aromatic carbocycles. The Balaban J connectivity index is 1.38. The second kappa shape index (κ2) is 8.46. The predicted molar refractivity (Wildman–Crippen MR) is 144 cm³/mol. The number of benzene rings is 2. The third kappa shape index (κ3) is 3.76. The van der Waals surface area contributed by atoms with Gasteiger partial charge in [-0.25, -0.2) is 4.98 Å². The number of hydrogen-bond acceptors (Lipinski definition) is 4. The lowest BCUT2D eigenvalue weighted by Crippen LogP contribution is -2.46. The first-order valence-electron chi connectivity index (χ1n) is 12.6. The van der Waals surface area contributed by atoms with Crippen molar-refractivity contribution in [2.75, 3.05) is 25.5 Å². The summed E-state index contributed by atoms with van der Waals surface area (Å²) in [6.07, 6.45) is 6.53. The van der Waals surface area contributed by atoms with Gasteiger partial charge in [-0.05, 0) is 75.5 Å². The molecule has 0 spiro atoms. The number of nitriles is 1. The smallest absolute Gasteiger partial charge is 0.227 e. The number of amides is 1. The summed E-state index contributed by atoms with van der Waals surface area (Å²) in [7, 11) is 4.16. The molecule has 1 fully saturated rings. The number of rotatable bonds is 4. The van der Waals surface area contributed by atoms with Crippen molar-refractivity contribution in [3.63, 3.8) is 0 Å². The van der Waals surface area contributed by atoms with E-state index in [1.165, 1.54) is 0 Å². The predicted octanol–water partition coefficient (Wildman–Crippen LogP) is 4.93. The molecule has 6 rings (SSSR count). The van der Waals surface area contributed by atoms with Crippen LogP contribution in [0.5, 0.6) is 0 Å². The van der Waals surface area contributed by atoms with E-state index in [2.05, 4.69) is 83.5 Å². The molecule has 4 aromatic rings. The zero-order valence-corrected chi connectivity index (χ0v) is 21.6. The first kappa shape index (κ1) is 23.3. The number of carbonyl (C=O) groups excluding carboxylic acids is 1. The van der Waals surface area contributed by atoms with Gasteiger partial charge in [-0.2, -0.15) is 5.26 Å². The zero-order chi connectivity index (χ0) is 25.9. The first-order valence-corrected chi connectivity index (χ1v) is 12.6. The van der Waals surface area contributed by atoms with Gasteiger partial charge in [-0.1, -0.05) is 12.1 Å². The van der Waals surface area contributed by atoms with Gasteiger partial charge in [-0.15, -0.1) is 0 Å². The molecule has 186 valence electrons. The van der Waals surface area contributed by atoms with Crippen LogP contribution < -0.4 is 4.90 Å². The van der Waals surface area contributed by atoms with Crippen molar-refractivity contribution >= 4 is 11.6 Å². The van der Waals surface area contributed by atoms with E-state index in [-0.39, 0.29) is 17.4 Å². The highest BCUT2D eigenvalue weighted by Crippen LogP contribution is 2.38. The number of hydrogen-bond donors (Lipinski definition) is 0. The van der Waals surface area contributed by atoms with Crippen LogP contribution in [0.1, 0.15) is 31.4 Å². The molecule has 1 atom stereocenters. The van der Waals surface area contributed by atoms with Gasteiger partial charge in [0.15, 0.2) is 5.82 Å². The average molecular weight is 491 g/mol. The Morgan fingerprint density at radius 3 is 2.59 bits per heavy atom. The molecule has 0 unspecified atom stereocenters. The van der Waals surface area contributed by atoms with E-state index in [9.17, 15) is 4.79 Å². The minimum absolute atomic E-state index is 0.0658. The van der Waals surface area contributed by atoms with Crippen molar-refractivity contribution in [3.8, 4) is 34.4 Å². The van der Waals surface area contributed by atoms with Gasteiger partial charge in [0.25, 0.3) is 0 Å². The Labute approximate surface area is 217 Å². The van der Waals surface area contributed by atoms with Crippen LogP contribution in [0.2, 0.25) is 0 Å². The van der Waals surface area contributed by atoms with Crippen LogP contribution in [0, 0.1) is 17.2 Å². The van der Waals surface area contributed by atoms with Crippen molar-refractivity contribution in [1.82, 2.24) is 19.0 Å². The van der Waals surface area contributed by atoms with Crippen LogP contribution in [-0.4, -0.2) is 51.1 Å². The third-order valence-electron chi connectivity index (χ3n) is 8.37. The number of nitrogens with zero attached hydrogens (tertiary/aromatic N) is 6. The van der Waals surface area contributed by atoms with Crippen molar-refractivity contribution in [1.29, 1.82) is 5.26 Å². The summed E-state index contributed by atoms with van der Waals surface area (Å²) in [6, 6.07) is 18.3. The summed E-state index contributed by atoms with van der Waals surface area (Å²) in [5.41, 5.74) is 6.92. The largest absolute Gasteiger partial charge is 0.340 e. The van der Waals surface area contributed by atoms with E-state index in [4.69, 9.17) is 5.26 Å². The van der Waals surface area contributed by atoms with E-state index in [1.54, 1.807) is 0 Å². The van der Waals surface area contributed by atoms with Gasteiger partial charge in [-0.3, -0.25) is 9.36 Å². The number of anilines is 1. The molecular formula is C30H30N6O. The molecule has 7 nitrogen and oxygen atoms in total. The van der Waals surface area contributed by atoms with E-state index in [1.807, 2.05) is 41.6 Å². The van der Waals surface area contributed by atoms with Crippen LogP contribution in [0.4, 0.5) is 5.69 Å². The topological polar surface area (TPSA) is 70.1 Å². The molecule has 2 aromatic heterocycles.